The van der Waals surface area contributed by atoms with Gasteiger partial charge in [0.2, 0.25) is 0 Å². The van der Waals surface area contributed by atoms with Crippen LogP contribution in [0.25, 0.3) is 0 Å². The molecule has 3 aliphatic rings. The lowest BCUT2D eigenvalue weighted by Crippen LogP contribution is -2.51. The van der Waals surface area contributed by atoms with E-state index in [9.17, 15) is 8.42 Å². The molecule has 0 unspecified atom stereocenters. The van der Waals surface area contributed by atoms with E-state index in [4.69, 9.17) is 9.47 Å². The van der Waals surface area contributed by atoms with Crippen LogP contribution in [0.2, 0.25) is 0 Å². The average molecular weight is 355 g/mol. The van der Waals surface area contributed by atoms with E-state index in [0.29, 0.717) is 25.7 Å². The van der Waals surface area contributed by atoms with E-state index in [1.165, 1.54) is 19.2 Å². The van der Waals surface area contributed by atoms with Crippen molar-refractivity contribution in [2.45, 2.75) is 42.9 Å². The second-order valence-corrected chi connectivity index (χ2v) is 9.13. The minimum atomic E-state index is -3.56. The van der Waals surface area contributed by atoms with Gasteiger partial charge in [-0.1, -0.05) is 0 Å². The van der Waals surface area contributed by atoms with Gasteiger partial charge in [-0.05, 0) is 37.5 Å². The molecule has 2 saturated carbocycles. The van der Waals surface area contributed by atoms with Crippen LogP contribution in [0.15, 0.2) is 17.6 Å². The molecule has 2 aliphatic carbocycles. The second kappa shape index (κ2) is 6.40. The van der Waals surface area contributed by atoms with Crippen molar-refractivity contribution in [3.05, 3.63) is 12.5 Å². The maximum Gasteiger partial charge on any atom is 0.262 e. The van der Waals surface area contributed by atoms with E-state index >= 15 is 0 Å². The Morgan fingerprint density at radius 3 is 2.79 bits per heavy atom. The molecule has 3 fully saturated rings. The largest absolute Gasteiger partial charge is 0.381 e. The summed E-state index contributed by atoms with van der Waals surface area (Å²) >= 11 is 0. The van der Waals surface area contributed by atoms with E-state index < -0.39 is 10.0 Å². The van der Waals surface area contributed by atoms with Crippen molar-refractivity contribution >= 4 is 10.0 Å². The van der Waals surface area contributed by atoms with Crippen molar-refractivity contribution in [2.75, 3.05) is 26.4 Å². The molecule has 4 rings (SSSR count). The van der Waals surface area contributed by atoms with Gasteiger partial charge in [0.1, 0.15) is 0 Å². The van der Waals surface area contributed by atoms with Crippen molar-refractivity contribution in [2.24, 2.45) is 18.9 Å². The minimum absolute atomic E-state index is 0.0215. The van der Waals surface area contributed by atoms with Crippen LogP contribution in [0.5, 0.6) is 0 Å². The molecule has 7 nitrogen and oxygen atoms in total. The molecule has 0 amide bonds. The standard InChI is InChI=1S/C16H25N3O4S/c1-18-8-16(17-11-18)24(20,21)19-4-5-23-15-7-13(6-14(15)19)10-22-9-12-2-3-12/h8,11-15H,2-7,9-10H2,1H3/t13-,14-,15+/m0/s1. The van der Waals surface area contributed by atoms with Gasteiger partial charge in [-0.15, -0.1) is 0 Å². The Morgan fingerprint density at radius 1 is 1.29 bits per heavy atom. The van der Waals surface area contributed by atoms with Crippen molar-refractivity contribution in [3.8, 4) is 0 Å². The number of imidazole rings is 1. The smallest absolute Gasteiger partial charge is 0.262 e. The van der Waals surface area contributed by atoms with Crippen LogP contribution in [-0.4, -0.2) is 60.8 Å². The fourth-order valence-electron chi connectivity index (χ4n) is 3.78. The zero-order valence-electron chi connectivity index (χ0n) is 14.0. The molecule has 24 heavy (non-hydrogen) atoms. The van der Waals surface area contributed by atoms with E-state index in [2.05, 4.69) is 4.98 Å². The number of ether oxygens (including phenoxy) is 2. The van der Waals surface area contributed by atoms with Gasteiger partial charge in [0.25, 0.3) is 10.0 Å². The van der Waals surface area contributed by atoms with E-state index in [0.717, 1.165) is 25.4 Å². The lowest BCUT2D eigenvalue weighted by Gasteiger charge is -2.35. The maximum atomic E-state index is 12.9. The Labute approximate surface area is 143 Å². The molecule has 0 radical (unpaired) electrons. The average Bonchev–Trinajstić information content (AvgIpc) is 3.10. The third-order valence-corrected chi connectivity index (χ3v) is 7.05. The van der Waals surface area contributed by atoms with E-state index in [-0.39, 0.29) is 17.2 Å². The molecule has 3 atom stereocenters. The van der Waals surface area contributed by atoms with Crippen molar-refractivity contribution in [1.29, 1.82) is 0 Å². The topological polar surface area (TPSA) is 73.7 Å². The summed E-state index contributed by atoms with van der Waals surface area (Å²) in [6, 6.07) is -0.0970. The number of nitrogens with zero attached hydrogens (tertiary/aromatic N) is 3. The molecule has 1 aliphatic heterocycles. The van der Waals surface area contributed by atoms with Gasteiger partial charge in [-0.25, -0.2) is 13.4 Å². The van der Waals surface area contributed by atoms with Crippen LogP contribution in [0.1, 0.15) is 25.7 Å². The normalized spacial score (nSPS) is 31.3. The maximum absolute atomic E-state index is 12.9. The highest BCUT2D eigenvalue weighted by molar-refractivity contribution is 7.89. The van der Waals surface area contributed by atoms with E-state index in [1.54, 1.807) is 22.1 Å². The summed E-state index contributed by atoms with van der Waals surface area (Å²) in [7, 11) is -1.79. The highest BCUT2D eigenvalue weighted by Gasteiger charge is 2.46. The zero-order chi connectivity index (χ0) is 16.7. The first kappa shape index (κ1) is 16.5. The Balaban J connectivity index is 1.44. The molecule has 8 heteroatoms. The number of sulfonamides is 1. The third kappa shape index (κ3) is 3.24. The first-order valence-corrected chi connectivity index (χ1v) is 10.2. The van der Waals surface area contributed by atoms with Gasteiger partial charge in [0, 0.05) is 33.0 Å². The lowest BCUT2D eigenvalue weighted by atomic mass is 10.1. The summed E-state index contributed by atoms with van der Waals surface area (Å²) in [5.41, 5.74) is 0. The number of fused-ring (bicyclic) bond motifs is 1. The van der Waals surface area contributed by atoms with Gasteiger partial charge < -0.3 is 14.0 Å². The highest BCUT2D eigenvalue weighted by atomic mass is 32.2. The predicted octanol–water partition coefficient (Wildman–Crippen LogP) is 1.01. The molecular formula is C16H25N3O4S. The van der Waals surface area contributed by atoms with Gasteiger partial charge in [-0.2, -0.15) is 4.31 Å². The van der Waals surface area contributed by atoms with Crippen molar-refractivity contribution in [1.82, 2.24) is 13.9 Å². The first-order valence-electron chi connectivity index (χ1n) is 8.73. The zero-order valence-corrected chi connectivity index (χ0v) is 14.8. The molecule has 1 aromatic rings. The number of morpholine rings is 1. The molecule has 0 N–H and O–H groups in total. The predicted molar refractivity (Wildman–Crippen MR) is 86.9 cm³/mol. The van der Waals surface area contributed by atoms with E-state index in [1.807, 2.05) is 0 Å². The monoisotopic (exact) mass is 355 g/mol. The lowest BCUT2D eigenvalue weighted by molar-refractivity contribution is -0.0253. The summed E-state index contributed by atoms with van der Waals surface area (Å²) in [6.07, 6.45) is 7.32. The number of aromatic nitrogens is 2. The molecule has 0 bridgehead atoms. The van der Waals surface area contributed by atoms with Gasteiger partial charge in [0.05, 0.1) is 25.1 Å². The van der Waals surface area contributed by atoms with Crippen LogP contribution in [0.4, 0.5) is 0 Å². The fraction of sp³-hybridized carbons (Fsp3) is 0.812. The third-order valence-electron chi connectivity index (χ3n) is 5.24. The summed E-state index contributed by atoms with van der Waals surface area (Å²) in [5.74, 6) is 1.13. The van der Waals surface area contributed by atoms with Gasteiger partial charge in [0.15, 0.2) is 5.03 Å². The number of rotatable bonds is 6. The first-order chi connectivity index (χ1) is 11.5. The quantitative estimate of drug-likeness (QED) is 0.762. The fourth-order valence-corrected chi connectivity index (χ4v) is 5.39. The van der Waals surface area contributed by atoms with Crippen molar-refractivity contribution < 1.29 is 17.9 Å². The number of aryl methyl sites for hydroxylation is 1. The second-order valence-electron chi connectivity index (χ2n) is 7.29. The van der Waals surface area contributed by atoms with Crippen LogP contribution in [0.3, 0.4) is 0 Å². The van der Waals surface area contributed by atoms with Gasteiger partial charge in [-0.3, -0.25) is 0 Å². The van der Waals surface area contributed by atoms with Gasteiger partial charge >= 0.3 is 0 Å². The molecular weight excluding hydrogens is 330 g/mol. The Bertz CT molecular complexity index is 685. The molecule has 2 heterocycles. The molecule has 0 aromatic carbocycles. The molecule has 0 spiro atoms. The molecule has 1 saturated heterocycles. The Kier molecular flexibility index (Phi) is 4.40. The minimum Gasteiger partial charge on any atom is -0.381 e. The summed E-state index contributed by atoms with van der Waals surface area (Å²) in [5, 5.41) is 0.124. The van der Waals surface area contributed by atoms with Crippen LogP contribution in [-0.2, 0) is 26.5 Å². The number of hydrogen-bond donors (Lipinski definition) is 0. The van der Waals surface area contributed by atoms with Crippen LogP contribution < -0.4 is 0 Å². The molecule has 134 valence electrons. The number of hydrogen-bond acceptors (Lipinski definition) is 5. The SMILES string of the molecule is Cn1cnc(S(=O)(=O)N2CCO[C@@H]3C[C@@H](COCC4CC4)C[C@@H]32)c1. The molecule has 1 aromatic heterocycles. The van der Waals surface area contributed by atoms with Crippen LogP contribution in [0, 0.1) is 11.8 Å². The van der Waals surface area contributed by atoms with Crippen molar-refractivity contribution in [3.63, 3.8) is 0 Å². The summed E-state index contributed by atoms with van der Waals surface area (Å²) in [4.78, 5) is 4.04. The Hall–Kier alpha value is -0.960. The summed E-state index contributed by atoms with van der Waals surface area (Å²) in [6.45, 7) is 2.41. The summed E-state index contributed by atoms with van der Waals surface area (Å²) < 4.78 is 40.8. The van der Waals surface area contributed by atoms with Crippen LogP contribution >= 0.6 is 0 Å². The highest BCUT2D eigenvalue weighted by Crippen LogP contribution is 2.37. The Morgan fingerprint density at radius 2 is 2.08 bits per heavy atom.